The molecule has 34 heavy (non-hydrogen) atoms. The predicted octanol–water partition coefficient (Wildman–Crippen LogP) is 4.15. The van der Waals surface area contributed by atoms with E-state index in [1.807, 2.05) is 0 Å². The molecule has 2 amide bonds. The second-order valence-electron chi connectivity index (χ2n) is 10.1. The topological polar surface area (TPSA) is 86.8 Å². The van der Waals surface area contributed by atoms with Gasteiger partial charge in [-0.15, -0.1) is 0 Å². The SMILES string of the molecule is O=C(CN1C(=O)CCCc2cc(S(=O)(=O)N3CCCCCC3)ccc21)NC1CCCCCCC1. The van der Waals surface area contributed by atoms with Crippen LogP contribution in [0.15, 0.2) is 23.1 Å². The highest BCUT2D eigenvalue weighted by atomic mass is 32.2. The molecule has 0 spiro atoms. The third-order valence-electron chi connectivity index (χ3n) is 7.45. The summed E-state index contributed by atoms with van der Waals surface area (Å²) in [5.74, 6) is -0.206. The van der Waals surface area contributed by atoms with Crippen LogP contribution in [-0.4, -0.2) is 50.2 Å². The van der Waals surface area contributed by atoms with Gasteiger partial charge in [-0.05, 0) is 62.3 Å². The Kier molecular flexibility index (Phi) is 8.64. The Balaban J connectivity index is 1.50. The lowest BCUT2D eigenvalue weighted by atomic mass is 9.97. The van der Waals surface area contributed by atoms with E-state index in [1.165, 1.54) is 19.3 Å². The van der Waals surface area contributed by atoms with Crippen molar-refractivity contribution >= 4 is 27.5 Å². The van der Waals surface area contributed by atoms with Gasteiger partial charge in [0.05, 0.1) is 4.90 Å². The molecular formula is C26H39N3O4S. The van der Waals surface area contributed by atoms with Crippen LogP contribution in [0.1, 0.15) is 89.0 Å². The zero-order valence-electron chi connectivity index (χ0n) is 20.3. The number of nitrogens with one attached hydrogen (secondary N) is 1. The summed E-state index contributed by atoms with van der Waals surface area (Å²) in [6.07, 6.45) is 13.5. The molecule has 1 aromatic carbocycles. The number of sulfonamides is 1. The Bertz CT molecular complexity index is 962. The number of fused-ring (bicyclic) bond motifs is 1. The number of anilines is 1. The minimum absolute atomic E-state index is 0.0133. The number of amides is 2. The number of benzene rings is 1. The number of rotatable bonds is 5. The zero-order chi connectivity index (χ0) is 24.0. The highest BCUT2D eigenvalue weighted by Crippen LogP contribution is 2.31. The van der Waals surface area contributed by atoms with Crippen LogP contribution in [0, 0.1) is 0 Å². The molecule has 2 fully saturated rings. The molecule has 4 rings (SSSR count). The maximum Gasteiger partial charge on any atom is 0.243 e. The normalized spacial score (nSPS) is 21.6. The van der Waals surface area contributed by atoms with Gasteiger partial charge in [0.2, 0.25) is 21.8 Å². The Hall–Kier alpha value is -1.93. The van der Waals surface area contributed by atoms with E-state index in [2.05, 4.69) is 5.32 Å². The standard InChI is InChI=1S/C26H39N3O4S/c30-25(27-22-12-6-2-1-3-7-13-22)20-29-24-16-15-23(19-21(24)11-10-14-26(29)31)34(32,33)28-17-8-4-5-9-18-28/h15-16,19,22H,1-14,17-18,20H2,(H,27,30). The molecule has 1 N–H and O–H groups in total. The fourth-order valence-electron chi connectivity index (χ4n) is 5.51. The molecule has 1 aromatic rings. The van der Waals surface area contributed by atoms with Crippen molar-refractivity contribution in [3.63, 3.8) is 0 Å². The Morgan fingerprint density at radius 3 is 2.24 bits per heavy atom. The van der Waals surface area contributed by atoms with Gasteiger partial charge in [-0.2, -0.15) is 4.31 Å². The monoisotopic (exact) mass is 489 g/mol. The molecule has 2 heterocycles. The average Bonchev–Trinajstić information content (AvgIpc) is 3.16. The lowest BCUT2D eigenvalue weighted by Crippen LogP contribution is -2.44. The smallest absolute Gasteiger partial charge is 0.243 e. The van der Waals surface area contributed by atoms with E-state index in [-0.39, 0.29) is 24.4 Å². The fraction of sp³-hybridized carbons (Fsp3) is 0.692. The molecule has 3 aliphatic rings. The number of aryl methyl sites for hydroxylation is 1. The van der Waals surface area contributed by atoms with Crippen LogP contribution in [0.25, 0.3) is 0 Å². The van der Waals surface area contributed by atoms with Crippen LogP contribution in [0.4, 0.5) is 5.69 Å². The quantitative estimate of drug-likeness (QED) is 0.673. The van der Waals surface area contributed by atoms with Crippen molar-refractivity contribution in [3.05, 3.63) is 23.8 Å². The summed E-state index contributed by atoms with van der Waals surface area (Å²) in [5.41, 5.74) is 1.51. The Labute approximate surface area is 204 Å². The summed E-state index contributed by atoms with van der Waals surface area (Å²) in [5, 5.41) is 3.15. The maximum atomic E-state index is 13.3. The van der Waals surface area contributed by atoms with Crippen molar-refractivity contribution in [2.24, 2.45) is 0 Å². The first-order valence-electron chi connectivity index (χ1n) is 13.2. The predicted molar refractivity (Wildman–Crippen MR) is 133 cm³/mol. The summed E-state index contributed by atoms with van der Waals surface area (Å²) in [6, 6.07) is 5.24. The molecule has 0 radical (unpaired) electrons. The molecule has 7 nitrogen and oxygen atoms in total. The summed E-state index contributed by atoms with van der Waals surface area (Å²) in [6.45, 7) is 1.11. The van der Waals surface area contributed by atoms with E-state index < -0.39 is 10.0 Å². The van der Waals surface area contributed by atoms with Gasteiger partial charge >= 0.3 is 0 Å². The van der Waals surface area contributed by atoms with Gasteiger partial charge in [0.1, 0.15) is 6.54 Å². The molecule has 1 saturated heterocycles. The van der Waals surface area contributed by atoms with Gasteiger partial charge in [-0.3, -0.25) is 9.59 Å². The molecule has 1 saturated carbocycles. The van der Waals surface area contributed by atoms with Crippen molar-refractivity contribution in [1.29, 1.82) is 0 Å². The van der Waals surface area contributed by atoms with E-state index in [4.69, 9.17) is 0 Å². The number of hydrogen-bond acceptors (Lipinski definition) is 4. The first-order valence-corrected chi connectivity index (χ1v) is 14.6. The minimum atomic E-state index is -3.56. The van der Waals surface area contributed by atoms with Crippen LogP contribution in [-0.2, 0) is 26.0 Å². The minimum Gasteiger partial charge on any atom is -0.352 e. The summed E-state index contributed by atoms with van der Waals surface area (Å²) in [7, 11) is -3.56. The van der Waals surface area contributed by atoms with Gasteiger partial charge < -0.3 is 10.2 Å². The third kappa shape index (κ3) is 6.19. The largest absolute Gasteiger partial charge is 0.352 e. The number of carbonyl (C=O) groups is 2. The van der Waals surface area contributed by atoms with Crippen LogP contribution < -0.4 is 10.2 Å². The van der Waals surface area contributed by atoms with Crippen LogP contribution >= 0.6 is 0 Å². The summed E-state index contributed by atoms with van der Waals surface area (Å²) < 4.78 is 28.2. The van der Waals surface area contributed by atoms with Gasteiger partial charge in [0.15, 0.2) is 0 Å². The van der Waals surface area contributed by atoms with Crippen molar-refractivity contribution in [3.8, 4) is 0 Å². The number of hydrogen-bond donors (Lipinski definition) is 1. The van der Waals surface area contributed by atoms with Crippen molar-refractivity contribution < 1.29 is 18.0 Å². The van der Waals surface area contributed by atoms with Crippen LogP contribution in [0.3, 0.4) is 0 Å². The lowest BCUT2D eigenvalue weighted by Gasteiger charge is -2.26. The highest BCUT2D eigenvalue weighted by Gasteiger charge is 2.29. The van der Waals surface area contributed by atoms with Crippen molar-refractivity contribution in [2.45, 2.75) is 101 Å². The Morgan fingerprint density at radius 2 is 1.53 bits per heavy atom. The average molecular weight is 490 g/mol. The van der Waals surface area contributed by atoms with E-state index in [1.54, 1.807) is 27.4 Å². The molecular weight excluding hydrogens is 450 g/mol. The van der Waals surface area contributed by atoms with Crippen molar-refractivity contribution in [2.75, 3.05) is 24.5 Å². The van der Waals surface area contributed by atoms with Crippen LogP contribution in [0.5, 0.6) is 0 Å². The molecule has 1 aliphatic carbocycles. The molecule has 188 valence electrons. The second-order valence-corrected chi connectivity index (χ2v) is 12.0. The molecule has 0 atom stereocenters. The van der Waals surface area contributed by atoms with Gasteiger partial charge in [-0.1, -0.05) is 44.9 Å². The van der Waals surface area contributed by atoms with Gasteiger partial charge in [0, 0.05) is 31.2 Å². The zero-order valence-corrected chi connectivity index (χ0v) is 21.1. The van der Waals surface area contributed by atoms with Crippen LogP contribution in [0.2, 0.25) is 0 Å². The molecule has 2 aliphatic heterocycles. The fourth-order valence-corrected chi connectivity index (χ4v) is 7.08. The first-order chi connectivity index (χ1) is 16.4. The maximum absolute atomic E-state index is 13.3. The first kappa shape index (κ1) is 25.2. The highest BCUT2D eigenvalue weighted by molar-refractivity contribution is 7.89. The van der Waals surface area contributed by atoms with E-state index in [0.717, 1.165) is 56.9 Å². The van der Waals surface area contributed by atoms with Gasteiger partial charge in [-0.25, -0.2) is 8.42 Å². The van der Waals surface area contributed by atoms with E-state index in [9.17, 15) is 18.0 Å². The molecule has 0 aromatic heterocycles. The summed E-state index contributed by atoms with van der Waals surface area (Å²) >= 11 is 0. The van der Waals surface area contributed by atoms with E-state index in [0.29, 0.717) is 42.9 Å². The Morgan fingerprint density at radius 1 is 0.882 bits per heavy atom. The third-order valence-corrected chi connectivity index (χ3v) is 9.35. The molecule has 0 unspecified atom stereocenters. The van der Waals surface area contributed by atoms with Gasteiger partial charge in [0.25, 0.3) is 0 Å². The number of nitrogens with zero attached hydrogens (tertiary/aromatic N) is 2. The van der Waals surface area contributed by atoms with E-state index >= 15 is 0 Å². The number of carbonyl (C=O) groups excluding carboxylic acids is 2. The second kappa shape index (κ2) is 11.7. The van der Waals surface area contributed by atoms with Crippen molar-refractivity contribution in [1.82, 2.24) is 9.62 Å². The molecule has 0 bridgehead atoms. The lowest BCUT2D eigenvalue weighted by molar-refractivity contribution is -0.124. The summed E-state index contributed by atoms with van der Waals surface area (Å²) in [4.78, 5) is 27.6. The molecule has 8 heteroatoms.